The maximum absolute atomic E-state index is 13.4. The van der Waals surface area contributed by atoms with E-state index in [4.69, 9.17) is 0 Å². The molecule has 0 aromatic heterocycles. The second-order valence-corrected chi connectivity index (χ2v) is 5.04. The molecule has 0 aliphatic heterocycles. The van der Waals surface area contributed by atoms with Gasteiger partial charge in [-0.25, -0.2) is 4.39 Å². The van der Waals surface area contributed by atoms with E-state index in [0.29, 0.717) is 18.1 Å². The van der Waals surface area contributed by atoms with Crippen LogP contribution in [0.15, 0.2) is 18.2 Å². The zero-order valence-electron chi connectivity index (χ0n) is 9.45. The molecular weight excluding hydrogens is 220 g/mol. The molecule has 0 spiro atoms. The van der Waals surface area contributed by atoms with Crippen LogP contribution in [-0.2, 0) is 12.6 Å². The molecule has 0 atom stereocenters. The number of hydrogen-bond acceptors (Lipinski definition) is 0. The highest BCUT2D eigenvalue weighted by atomic mass is 19.4. The molecule has 0 unspecified atom stereocenters. The van der Waals surface area contributed by atoms with Crippen molar-refractivity contribution >= 4 is 0 Å². The van der Waals surface area contributed by atoms with Crippen LogP contribution in [0.25, 0.3) is 0 Å². The molecule has 0 radical (unpaired) electrons. The smallest absolute Gasteiger partial charge is 0.207 e. The Morgan fingerprint density at radius 3 is 2.00 bits per heavy atom. The second-order valence-electron chi connectivity index (χ2n) is 5.04. The van der Waals surface area contributed by atoms with E-state index in [0.717, 1.165) is 6.07 Å². The lowest BCUT2D eigenvalue weighted by atomic mass is 9.87. The summed E-state index contributed by atoms with van der Waals surface area (Å²) >= 11 is 0. The molecule has 0 fully saturated rings. The third kappa shape index (κ3) is 3.51. The van der Waals surface area contributed by atoms with Gasteiger partial charge in [-0.3, -0.25) is 0 Å². The van der Waals surface area contributed by atoms with E-state index >= 15 is 0 Å². The molecule has 1 rings (SSSR count). The van der Waals surface area contributed by atoms with Crippen LogP contribution < -0.4 is 0 Å². The molecule has 90 valence electrons. The van der Waals surface area contributed by atoms with Gasteiger partial charge in [0.1, 0.15) is 5.82 Å². The number of benzene rings is 1. The maximum atomic E-state index is 13.4. The van der Waals surface area contributed by atoms with Crippen molar-refractivity contribution in [3.63, 3.8) is 0 Å². The zero-order valence-corrected chi connectivity index (χ0v) is 9.45. The lowest BCUT2D eigenvalue weighted by Gasteiger charge is -2.19. The summed E-state index contributed by atoms with van der Waals surface area (Å²) in [6, 6.07) is 2.69. The van der Waals surface area contributed by atoms with Gasteiger partial charge in [-0.2, -0.15) is 13.2 Å². The van der Waals surface area contributed by atoms with E-state index in [2.05, 4.69) is 0 Å². The molecule has 0 nitrogen and oxygen atoms in total. The van der Waals surface area contributed by atoms with Crippen LogP contribution in [0.4, 0.5) is 17.6 Å². The van der Waals surface area contributed by atoms with Gasteiger partial charge in [-0.15, -0.1) is 0 Å². The van der Waals surface area contributed by atoms with E-state index < -0.39 is 17.6 Å². The predicted molar refractivity (Wildman–Crippen MR) is 54.6 cm³/mol. The van der Waals surface area contributed by atoms with Crippen molar-refractivity contribution in [1.82, 2.24) is 0 Å². The summed E-state index contributed by atoms with van der Waals surface area (Å²) in [5.41, 5.74) is -0.774. The number of rotatable bonds is 1. The molecule has 16 heavy (non-hydrogen) atoms. The van der Waals surface area contributed by atoms with Crippen LogP contribution >= 0.6 is 0 Å². The van der Waals surface area contributed by atoms with Crippen LogP contribution in [0.5, 0.6) is 0 Å². The van der Waals surface area contributed by atoms with Crippen LogP contribution in [0.2, 0.25) is 0 Å². The molecule has 0 N–H and O–H groups in total. The fraction of sp³-hybridized carbons (Fsp3) is 0.500. The summed E-state index contributed by atoms with van der Waals surface area (Å²) in [4.78, 5) is 0. The highest BCUT2D eigenvalue weighted by Crippen LogP contribution is 2.31. The summed E-state index contributed by atoms with van der Waals surface area (Å²) in [5, 5.41) is 0. The van der Waals surface area contributed by atoms with Crippen molar-refractivity contribution in [2.45, 2.75) is 33.4 Å². The molecule has 0 heterocycles. The second kappa shape index (κ2) is 4.07. The summed E-state index contributed by atoms with van der Waals surface area (Å²) in [5.74, 6) is -0.787. The maximum Gasteiger partial charge on any atom is 0.416 e. The Morgan fingerprint density at radius 1 is 1.06 bits per heavy atom. The third-order valence-corrected chi connectivity index (χ3v) is 2.10. The van der Waals surface area contributed by atoms with Crippen LogP contribution in [-0.4, -0.2) is 0 Å². The van der Waals surface area contributed by atoms with E-state index in [1.807, 2.05) is 20.8 Å². The highest BCUT2D eigenvalue weighted by Gasteiger charge is 2.31. The fourth-order valence-electron chi connectivity index (χ4n) is 1.44. The first-order valence-electron chi connectivity index (χ1n) is 4.95. The lowest BCUT2D eigenvalue weighted by molar-refractivity contribution is -0.137. The molecular formula is C12H14F4. The van der Waals surface area contributed by atoms with Gasteiger partial charge in [0.15, 0.2) is 0 Å². The first-order valence-corrected chi connectivity index (χ1v) is 4.95. The predicted octanol–water partition coefficient (Wildman–Crippen LogP) is 4.43. The minimum absolute atomic E-state index is 0.152. The third-order valence-electron chi connectivity index (χ3n) is 2.10. The minimum atomic E-state index is -4.49. The Hall–Kier alpha value is -1.06. The van der Waals surface area contributed by atoms with E-state index in [-0.39, 0.29) is 5.41 Å². The molecule has 0 saturated carbocycles. The average Bonchev–Trinajstić information content (AvgIpc) is 2.04. The SMILES string of the molecule is CC(C)(C)Cc1ccc(C(F)(F)F)cc1F. The molecule has 0 aliphatic rings. The average molecular weight is 234 g/mol. The van der Waals surface area contributed by atoms with Gasteiger partial charge in [0, 0.05) is 0 Å². The van der Waals surface area contributed by atoms with Crippen LogP contribution in [0.3, 0.4) is 0 Å². The Kier molecular flexibility index (Phi) is 3.31. The molecule has 0 amide bonds. The minimum Gasteiger partial charge on any atom is -0.207 e. The van der Waals surface area contributed by atoms with Gasteiger partial charge in [-0.1, -0.05) is 26.8 Å². The van der Waals surface area contributed by atoms with Crippen molar-refractivity contribution in [2.75, 3.05) is 0 Å². The number of hydrogen-bond donors (Lipinski definition) is 0. The Bertz CT molecular complexity index is 372. The van der Waals surface area contributed by atoms with E-state index in [9.17, 15) is 17.6 Å². The number of alkyl halides is 3. The molecule has 1 aromatic rings. The lowest BCUT2D eigenvalue weighted by Crippen LogP contribution is -2.12. The molecule has 1 aromatic carbocycles. The van der Waals surface area contributed by atoms with E-state index in [1.54, 1.807) is 0 Å². The normalized spacial score (nSPS) is 12.9. The topological polar surface area (TPSA) is 0 Å². The van der Waals surface area contributed by atoms with Crippen LogP contribution in [0, 0.1) is 11.2 Å². The van der Waals surface area contributed by atoms with Gasteiger partial charge in [0.2, 0.25) is 0 Å². The molecule has 0 saturated heterocycles. The van der Waals surface area contributed by atoms with Gasteiger partial charge in [0.05, 0.1) is 5.56 Å². The monoisotopic (exact) mass is 234 g/mol. The Labute approximate surface area is 92.3 Å². The Morgan fingerprint density at radius 2 is 1.62 bits per heavy atom. The summed E-state index contributed by atoms with van der Waals surface area (Å²) in [7, 11) is 0. The Balaban J connectivity index is 3.01. The van der Waals surface area contributed by atoms with E-state index in [1.165, 1.54) is 6.07 Å². The van der Waals surface area contributed by atoms with Crippen molar-refractivity contribution in [3.05, 3.63) is 35.1 Å². The molecule has 4 heteroatoms. The first-order chi connectivity index (χ1) is 7.09. The standard InChI is InChI=1S/C12H14F4/c1-11(2,3)7-8-4-5-9(6-10(8)13)12(14,15)16/h4-6H,7H2,1-3H3. The summed E-state index contributed by atoms with van der Waals surface area (Å²) < 4.78 is 50.2. The largest absolute Gasteiger partial charge is 0.416 e. The van der Waals surface area contributed by atoms with Crippen molar-refractivity contribution in [1.29, 1.82) is 0 Å². The van der Waals surface area contributed by atoms with Crippen molar-refractivity contribution in [3.8, 4) is 0 Å². The van der Waals surface area contributed by atoms with Gasteiger partial charge in [-0.05, 0) is 29.5 Å². The fourth-order valence-corrected chi connectivity index (χ4v) is 1.44. The quantitative estimate of drug-likeness (QED) is 0.630. The molecule has 0 aliphatic carbocycles. The summed E-state index contributed by atoms with van der Waals surface area (Å²) in [6.07, 6.45) is -4.07. The highest BCUT2D eigenvalue weighted by molar-refractivity contribution is 5.27. The zero-order chi connectivity index (χ0) is 12.6. The van der Waals surface area contributed by atoms with Crippen molar-refractivity contribution in [2.24, 2.45) is 5.41 Å². The summed E-state index contributed by atoms with van der Waals surface area (Å²) in [6.45, 7) is 5.72. The molecule has 0 bridgehead atoms. The number of halogens is 4. The van der Waals surface area contributed by atoms with Crippen LogP contribution in [0.1, 0.15) is 31.9 Å². The van der Waals surface area contributed by atoms with Gasteiger partial charge in [0.25, 0.3) is 0 Å². The van der Waals surface area contributed by atoms with Gasteiger partial charge >= 0.3 is 6.18 Å². The first kappa shape index (κ1) is 13.0. The van der Waals surface area contributed by atoms with Crippen molar-refractivity contribution < 1.29 is 17.6 Å². The van der Waals surface area contributed by atoms with Gasteiger partial charge < -0.3 is 0 Å².